The molecule has 2 heterocycles. The van der Waals surface area contributed by atoms with Crippen LogP contribution in [0.2, 0.25) is 0 Å². The molecule has 0 aromatic heterocycles. The zero-order chi connectivity index (χ0) is 22.2. The number of rotatable bonds is 6. The molecule has 1 fully saturated rings. The Hall–Kier alpha value is -3.71. The number of aliphatic hydroxyl groups is 1. The number of benzene rings is 2. The molecule has 4 rings (SSSR count). The molecule has 1 unspecified atom stereocenters. The first-order valence-electron chi connectivity index (χ1n) is 9.86. The number of carbonyl (C=O) groups excluding carboxylic acids is 3. The summed E-state index contributed by atoms with van der Waals surface area (Å²) in [7, 11) is 1.47. The zero-order valence-corrected chi connectivity index (χ0v) is 17.1. The number of likely N-dealkylation sites (tertiary alicyclic amines) is 1. The quantitative estimate of drug-likeness (QED) is 0.337. The Labute approximate surface area is 179 Å². The number of Topliss-reactive ketones (excluding diaryl/α,β-unsaturated/α-hetero) is 1. The number of ether oxygens (including phenoxy) is 1. The van der Waals surface area contributed by atoms with Gasteiger partial charge in [-0.3, -0.25) is 14.4 Å². The van der Waals surface area contributed by atoms with Gasteiger partial charge in [0.15, 0.2) is 5.54 Å². The molecule has 2 amide bonds. The molecular weight excluding hydrogens is 396 g/mol. The fourth-order valence-electron chi connectivity index (χ4n) is 4.40. The third-order valence-corrected chi connectivity index (χ3v) is 5.69. The van der Waals surface area contributed by atoms with Crippen LogP contribution in [0.15, 0.2) is 72.8 Å². The predicted molar refractivity (Wildman–Crippen MR) is 115 cm³/mol. The summed E-state index contributed by atoms with van der Waals surface area (Å²) >= 11 is 0. The van der Waals surface area contributed by atoms with E-state index in [1.54, 1.807) is 60.7 Å². The van der Waals surface area contributed by atoms with Crippen LogP contribution in [-0.4, -0.2) is 54.4 Å². The van der Waals surface area contributed by atoms with Crippen LogP contribution in [-0.2, 0) is 24.7 Å². The summed E-state index contributed by atoms with van der Waals surface area (Å²) in [6, 6.07) is 15.4. The van der Waals surface area contributed by atoms with Gasteiger partial charge in [0.25, 0.3) is 17.6 Å². The van der Waals surface area contributed by atoms with Crippen LogP contribution in [0.5, 0.6) is 0 Å². The molecule has 0 saturated carbocycles. The van der Waals surface area contributed by atoms with Gasteiger partial charge in [0.05, 0.1) is 17.9 Å². The van der Waals surface area contributed by atoms with Crippen molar-refractivity contribution in [2.24, 2.45) is 0 Å². The number of hydrogen-bond acceptors (Lipinski definition) is 5. The van der Waals surface area contributed by atoms with Gasteiger partial charge in [0, 0.05) is 31.3 Å². The van der Waals surface area contributed by atoms with Crippen molar-refractivity contribution in [1.29, 1.82) is 0 Å². The average molecular weight is 418 g/mol. The Balaban J connectivity index is 2.07. The fraction of sp³-hybridized carbons (Fsp3) is 0.208. The molecule has 7 heteroatoms. The van der Waals surface area contributed by atoms with E-state index in [1.165, 1.54) is 16.9 Å². The van der Waals surface area contributed by atoms with Gasteiger partial charge < -0.3 is 19.6 Å². The van der Waals surface area contributed by atoms with E-state index in [9.17, 15) is 19.5 Å². The molecule has 1 saturated heterocycles. The molecule has 7 nitrogen and oxygen atoms in total. The third-order valence-electron chi connectivity index (χ3n) is 5.69. The molecule has 158 valence electrons. The van der Waals surface area contributed by atoms with E-state index in [1.807, 2.05) is 0 Å². The van der Waals surface area contributed by atoms with Crippen LogP contribution in [0.1, 0.15) is 11.1 Å². The number of anilines is 1. The number of fused-ring (bicyclic) bond motifs is 2. The Morgan fingerprint density at radius 3 is 2.45 bits per heavy atom. The fourth-order valence-corrected chi connectivity index (χ4v) is 4.40. The Bertz CT molecular complexity index is 1110. The summed E-state index contributed by atoms with van der Waals surface area (Å²) in [5.41, 5.74) is -0.625. The molecule has 1 atom stereocenters. The second kappa shape index (κ2) is 7.85. The summed E-state index contributed by atoms with van der Waals surface area (Å²) in [5.74, 6) is -2.62. The lowest BCUT2D eigenvalue weighted by Crippen LogP contribution is -2.52. The van der Waals surface area contributed by atoms with Gasteiger partial charge in [-0.15, -0.1) is 6.58 Å². The molecule has 2 aromatic rings. The first-order valence-corrected chi connectivity index (χ1v) is 9.86. The monoisotopic (exact) mass is 418 g/mol. The summed E-state index contributed by atoms with van der Waals surface area (Å²) < 4.78 is 5.14. The lowest BCUT2D eigenvalue weighted by Gasteiger charge is -2.34. The van der Waals surface area contributed by atoms with Crippen molar-refractivity contribution in [2.45, 2.75) is 5.54 Å². The van der Waals surface area contributed by atoms with Gasteiger partial charge >= 0.3 is 0 Å². The highest BCUT2D eigenvalue weighted by molar-refractivity contribution is 6.50. The minimum Gasteiger partial charge on any atom is -0.507 e. The molecule has 1 spiro atoms. The normalized spacial score (nSPS) is 21.8. The number of para-hydroxylation sites is 1. The van der Waals surface area contributed by atoms with Crippen molar-refractivity contribution in [2.75, 3.05) is 31.7 Å². The molecule has 0 radical (unpaired) electrons. The van der Waals surface area contributed by atoms with Crippen molar-refractivity contribution >= 4 is 29.0 Å². The van der Waals surface area contributed by atoms with Gasteiger partial charge in [-0.25, -0.2) is 0 Å². The molecule has 0 bridgehead atoms. The largest absolute Gasteiger partial charge is 0.507 e. The van der Waals surface area contributed by atoms with Gasteiger partial charge in [-0.2, -0.15) is 0 Å². The standard InChI is InChI=1S/C24H22N2O5/c1-3-13-25-18-12-8-7-11-17(18)24(23(25)30)19(20(27)16-9-5-4-6-10-16)21(28)22(29)26(24)14-15-31-2/h3-12,27H,1,13-15H2,2H3. The SMILES string of the molecule is C=CCN1C(=O)C2(C(=C(O)c3ccccc3)C(=O)C(=O)N2CCOC)c2ccccc21. The van der Waals surface area contributed by atoms with Crippen molar-refractivity contribution in [3.8, 4) is 0 Å². The van der Waals surface area contributed by atoms with E-state index in [2.05, 4.69) is 6.58 Å². The summed E-state index contributed by atoms with van der Waals surface area (Å²) in [6.45, 7) is 4.05. The van der Waals surface area contributed by atoms with Gasteiger partial charge in [0.2, 0.25) is 0 Å². The number of amides is 2. The third kappa shape index (κ3) is 2.81. The molecule has 1 N–H and O–H groups in total. The summed E-state index contributed by atoms with van der Waals surface area (Å²) in [5, 5.41) is 11.2. The summed E-state index contributed by atoms with van der Waals surface area (Å²) in [4.78, 5) is 43.0. The van der Waals surface area contributed by atoms with Crippen LogP contribution in [0, 0.1) is 0 Å². The second-order valence-electron chi connectivity index (χ2n) is 7.30. The number of methoxy groups -OCH3 is 1. The van der Waals surface area contributed by atoms with Gasteiger partial charge in [0.1, 0.15) is 5.76 Å². The minimum atomic E-state index is -1.77. The molecule has 31 heavy (non-hydrogen) atoms. The predicted octanol–water partition coefficient (Wildman–Crippen LogP) is 2.44. The Morgan fingerprint density at radius 2 is 1.77 bits per heavy atom. The maximum atomic E-state index is 13.9. The van der Waals surface area contributed by atoms with Gasteiger partial charge in [-0.05, 0) is 6.07 Å². The van der Waals surface area contributed by atoms with E-state index in [0.29, 0.717) is 16.8 Å². The zero-order valence-electron chi connectivity index (χ0n) is 17.1. The number of ketones is 1. The van der Waals surface area contributed by atoms with Gasteiger partial charge in [-0.1, -0.05) is 54.6 Å². The number of nitrogens with zero attached hydrogens (tertiary/aromatic N) is 2. The number of carbonyl (C=O) groups is 3. The Kier molecular flexibility index (Phi) is 5.20. The van der Waals surface area contributed by atoms with E-state index in [-0.39, 0.29) is 31.0 Å². The van der Waals surface area contributed by atoms with E-state index >= 15 is 0 Å². The van der Waals surface area contributed by atoms with Crippen LogP contribution >= 0.6 is 0 Å². The maximum Gasteiger partial charge on any atom is 0.296 e. The topological polar surface area (TPSA) is 87.2 Å². The van der Waals surface area contributed by atoms with Crippen LogP contribution < -0.4 is 4.90 Å². The highest BCUT2D eigenvalue weighted by Gasteiger charge is 2.66. The molecule has 2 aromatic carbocycles. The van der Waals surface area contributed by atoms with Crippen LogP contribution in [0.3, 0.4) is 0 Å². The second-order valence-corrected chi connectivity index (χ2v) is 7.30. The van der Waals surface area contributed by atoms with Crippen molar-refractivity contribution in [3.05, 3.63) is 84.0 Å². The van der Waals surface area contributed by atoms with E-state index in [0.717, 1.165) is 0 Å². The van der Waals surface area contributed by atoms with Crippen molar-refractivity contribution in [1.82, 2.24) is 4.90 Å². The first-order chi connectivity index (χ1) is 15.0. The molecule has 0 aliphatic carbocycles. The number of hydrogen-bond donors (Lipinski definition) is 1. The minimum absolute atomic E-state index is 0.00858. The summed E-state index contributed by atoms with van der Waals surface area (Å²) in [6.07, 6.45) is 1.58. The molecule has 2 aliphatic rings. The van der Waals surface area contributed by atoms with Crippen molar-refractivity contribution < 1.29 is 24.2 Å². The Morgan fingerprint density at radius 1 is 1.10 bits per heavy atom. The molecular formula is C24H22N2O5. The average Bonchev–Trinajstić information content (AvgIpc) is 3.17. The number of aliphatic hydroxyl groups excluding tert-OH is 1. The maximum absolute atomic E-state index is 13.9. The molecule has 2 aliphatic heterocycles. The smallest absolute Gasteiger partial charge is 0.296 e. The van der Waals surface area contributed by atoms with Crippen LogP contribution in [0.4, 0.5) is 5.69 Å². The highest BCUT2D eigenvalue weighted by atomic mass is 16.5. The van der Waals surface area contributed by atoms with E-state index < -0.39 is 23.1 Å². The van der Waals surface area contributed by atoms with Crippen LogP contribution in [0.25, 0.3) is 5.76 Å². The highest BCUT2D eigenvalue weighted by Crippen LogP contribution is 2.53. The lowest BCUT2D eigenvalue weighted by atomic mass is 9.82. The first kappa shape index (κ1) is 20.6. The lowest BCUT2D eigenvalue weighted by molar-refractivity contribution is -0.144. The van der Waals surface area contributed by atoms with E-state index in [4.69, 9.17) is 4.74 Å². The van der Waals surface area contributed by atoms with Crippen molar-refractivity contribution in [3.63, 3.8) is 0 Å².